The molecule has 0 bridgehead atoms. The second-order valence-corrected chi connectivity index (χ2v) is 3.45. The summed E-state index contributed by atoms with van der Waals surface area (Å²) in [5.74, 6) is 0.476. The summed E-state index contributed by atoms with van der Waals surface area (Å²) >= 11 is 3.34. The minimum Gasteiger partial charge on any atom is -0.363 e. The molecule has 0 amide bonds. The SMILES string of the molecule is CN(C)C(=N)c1ccncc1Br. The third-order valence-corrected chi connectivity index (χ3v) is 2.11. The van der Waals surface area contributed by atoms with E-state index in [0.717, 1.165) is 10.0 Å². The summed E-state index contributed by atoms with van der Waals surface area (Å²) in [5.41, 5.74) is 0.856. The first-order chi connectivity index (χ1) is 5.63. The van der Waals surface area contributed by atoms with Crippen molar-refractivity contribution in [3.8, 4) is 0 Å². The Morgan fingerprint density at radius 2 is 2.25 bits per heavy atom. The molecule has 64 valence electrons. The number of hydrogen-bond donors (Lipinski definition) is 1. The van der Waals surface area contributed by atoms with Gasteiger partial charge in [0.05, 0.1) is 0 Å². The lowest BCUT2D eigenvalue weighted by Gasteiger charge is -2.14. The minimum atomic E-state index is 0.476. The molecule has 1 N–H and O–H groups in total. The van der Waals surface area contributed by atoms with Gasteiger partial charge >= 0.3 is 0 Å². The molecule has 0 aliphatic rings. The molecular weight excluding hydrogens is 218 g/mol. The number of halogens is 1. The molecule has 1 aromatic rings. The summed E-state index contributed by atoms with van der Waals surface area (Å²) in [6.45, 7) is 0. The van der Waals surface area contributed by atoms with E-state index in [1.807, 2.05) is 20.2 Å². The first kappa shape index (κ1) is 9.19. The number of aromatic nitrogens is 1. The Labute approximate surface area is 80.1 Å². The second kappa shape index (κ2) is 3.67. The van der Waals surface area contributed by atoms with E-state index in [4.69, 9.17) is 5.41 Å². The Kier molecular flexibility index (Phi) is 2.81. The van der Waals surface area contributed by atoms with Crippen LogP contribution in [0, 0.1) is 5.41 Å². The maximum atomic E-state index is 7.69. The van der Waals surface area contributed by atoms with E-state index in [9.17, 15) is 0 Å². The molecule has 0 unspecified atom stereocenters. The van der Waals surface area contributed by atoms with Crippen molar-refractivity contribution in [2.24, 2.45) is 0 Å². The molecule has 0 radical (unpaired) electrons. The van der Waals surface area contributed by atoms with Crippen LogP contribution in [0.1, 0.15) is 5.56 Å². The van der Waals surface area contributed by atoms with Crippen LogP contribution in [0.4, 0.5) is 0 Å². The highest BCUT2D eigenvalue weighted by Gasteiger charge is 2.06. The van der Waals surface area contributed by atoms with Crippen LogP contribution in [-0.4, -0.2) is 29.8 Å². The fourth-order valence-corrected chi connectivity index (χ4v) is 1.25. The monoisotopic (exact) mass is 227 g/mol. The Morgan fingerprint density at radius 3 is 2.75 bits per heavy atom. The Bertz CT molecular complexity index is 296. The summed E-state index contributed by atoms with van der Waals surface area (Å²) < 4.78 is 0.851. The Balaban J connectivity index is 3.03. The maximum Gasteiger partial charge on any atom is 0.128 e. The van der Waals surface area contributed by atoms with E-state index < -0.39 is 0 Å². The summed E-state index contributed by atoms with van der Waals surface area (Å²) in [4.78, 5) is 5.67. The molecule has 1 rings (SSSR count). The van der Waals surface area contributed by atoms with Crippen molar-refractivity contribution >= 4 is 21.8 Å². The molecular formula is C8H10BrN3. The van der Waals surface area contributed by atoms with Crippen molar-refractivity contribution < 1.29 is 0 Å². The first-order valence-electron chi connectivity index (χ1n) is 3.48. The molecule has 12 heavy (non-hydrogen) atoms. The van der Waals surface area contributed by atoms with E-state index >= 15 is 0 Å². The second-order valence-electron chi connectivity index (χ2n) is 2.60. The molecule has 0 saturated heterocycles. The third kappa shape index (κ3) is 1.82. The van der Waals surface area contributed by atoms with Gasteiger partial charge in [-0.25, -0.2) is 0 Å². The van der Waals surface area contributed by atoms with Crippen LogP contribution in [0.2, 0.25) is 0 Å². The number of nitrogens with zero attached hydrogens (tertiary/aromatic N) is 2. The molecule has 3 nitrogen and oxygen atoms in total. The molecule has 0 aromatic carbocycles. The van der Waals surface area contributed by atoms with Crippen molar-refractivity contribution in [3.05, 3.63) is 28.5 Å². The number of amidine groups is 1. The van der Waals surface area contributed by atoms with Gasteiger partial charge in [-0.05, 0) is 22.0 Å². The molecule has 0 aliphatic heterocycles. The fourth-order valence-electron chi connectivity index (χ4n) is 0.808. The summed E-state index contributed by atoms with van der Waals surface area (Å²) in [7, 11) is 3.68. The van der Waals surface area contributed by atoms with Crippen molar-refractivity contribution in [2.45, 2.75) is 0 Å². The maximum absolute atomic E-state index is 7.69. The third-order valence-electron chi connectivity index (χ3n) is 1.47. The largest absolute Gasteiger partial charge is 0.363 e. The van der Waals surface area contributed by atoms with Crippen LogP contribution in [0.5, 0.6) is 0 Å². The van der Waals surface area contributed by atoms with Gasteiger partial charge < -0.3 is 4.90 Å². The Morgan fingerprint density at radius 1 is 1.58 bits per heavy atom. The van der Waals surface area contributed by atoms with E-state index in [1.165, 1.54) is 0 Å². The molecule has 0 atom stereocenters. The molecule has 4 heteroatoms. The zero-order chi connectivity index (χ0) is 9.14. The van der Waals surface area contributed by atoms with Crippen LogP contribution >= 0.6 is 15.9 Å². The van der Waals surface area contributed by atoms with Crippen molar-refractivity contribution in [3.63, 3.8) is 0 Å². The van der Waals surface area contributed by atoms with Gasteiger partial charge in [-0.1, -0.05) is 0 Å². The van der Waals surface area contributed by atoms with Crippen molar-refractivity contribution in [2.75, 3.05) is 14.1 Å². The molecule has 0 fully saturated rings. The average molecular weight is 228 g/mol. The van der Waals surface area contributed by atoms with Gasteiger partial charge in [0, 0.05) is 36.5 Å². The summed E-state index contributed by atoms with van der Waals surface area (Å²) in [6, 6.07) is 1.81. The molecule has 0 spiro atoms. The summed E-state index contributed by atoms with van der Waals surface area (Å²) in [5, 5.41) is 7.69. The topological polar surface area (TPSA) is 40.0 Å². The minimum absolute atomic E-state index is 0.476. The van der Waals surface area contributed by atoms with Gasteiger partial charge in [0.1, 0.15) is 5.84 Å². The highest BCUT2D eigenvalue weighted by molar-refractivity contribution is 9.10. The standard InChI is InChI=1S/C8H10BrN3/c1-12(2)8(10)6-3-4-11-5-7(6)9/h3-5,10H,1-2H3. The van der Waals surface area contributed by atoms with E-state index in [-0.39, 0.29) is 0 Å². The van der Waals surface area contributed by atoms with E-state index in [0.29, 0.717) is 5.84 Å². The quantitative estimate of drug-likeness (QED) is 0.587. The van der Waals surface area contributed by atoms with Crippen LogP contribution < -0.4 is 0 Å². The predicted octanol–water partition coefficient (Wildman–Crippen LogP) is 1.73. The van der Waals surface area contributed by atoms with Gasteiger partial charge in [0.15, 0.2) is 0 Å². The van der Waals surface area contributed by atoms with Crippen LogP contribution in [0.15, 0.2) is 22.9 Å². The van der Waals surface area contributed by atoms with Crippen LogP contribution in [0.3, 0.4) is 0 Å². The van der Waals surface area contributed by atoms with Crippen molar-refractivity contribution in [1.82, 2.24) is 9.88 Å². The highest BCUT2D eigenvalue weighted by atomic mass is 79.9. The summed E-state index contributed by atoms with van der Waals surface area (Å²) in [6.07, 6.45) is 3.37. The van der Waals surface area contributed by atoms with Gasteiger partial charge in [-0.3, -0.25) is 10.4 Å². The molecule has 1 heterocycles. The first-order valence-corrected chi connectivity index (χ1v) is 4.28. The Hall–Kier alpha value is -0.900. The number of rotatable bonds is 1. The number of hydrogen-bond acceptors (Lipinski definition) is 2. The number of nitrogens with one attached hydrogen (secondary N) is 1. The lowest BCUT2D eigenvalue weighted by atomic mass is 10.2. The van der Waals surface area contributed by atoms with Crippen LogP contribution in [-0.2, 0) is 0 Å². The number of pyridine rings is 1. The van der Waals surface area contributed by atoms with Gasteiger partial charge in [0.25, 0.3) is 0 Å². The predicted molar refractivity (Wildman–Crippen MR) is 52.5 cm³/mol. The lowest BCUT2D eigenvalue weighted by Crippen LogP contribution is -2.22. The zero-order valence-corrected chi connectivity index (χ0v) is 8.59. The fraction of sp³-hybridized carbons (Fsp3) is 0.250. The van der Waals surface area contributed by atoms with Gasteiger partial charge in [0.2, 0.25) is 0 Å². The normalized spacial score (nSPS) is 9.58. The van der Waals surface area contributed by atoms with E-state index in [1.54, 1.807) is 17.3 Å². The zero-order valence-electron chi connectivity index (χ0n) is 7.00. The van der Waals surface area contributed by atoms with Crippen LogP contribution in [0.25, 0.3) is 0 Å². The smallest absolute Gasteiger partial charge is 0.128 e. The highest BCUT2D eigenvalue weighted by Crippen LogP contribution is 2.15. The van der Waals surface area contributed by atoms with E-state index in [2.05, 4.69) is 20.9 Å². The molecule has 0 aliphatic carbocycles. The molecule has 1 aromatic heterocycles. The van der Waals surface area contributed by atoms with Crippen molar-refractivity contribution in [1.29, 1.82) is 5.41 Å². The lowest BCUT2D eigenvalue weighted by molar-refractivity contribution is 0.618. The molecule has 0 saturated carbocycles. The van der Waals surface area contributed by atoms with Gasteiger partial charge in [-0.15, -0.1) is 0 Å². The van der Waals surface area contributed by atoms with Gasteiger partial charge in [-0.2, -0.15) is 0 Å². The average Bonchev–Trinajstić information content (AvgIpc) is 2.04.